The maximum Gasteiger partial charge on any atom is 0.146 e. The summed E-state index contributed by atoms with van der Waals surface area (Å²) in [5.74, 6) is 3.66. The Morgan fingerprint density at radius 3 is 2.00 bits per heavy atom. The van der Waals surface area contributed by atoms with E-state index >= 15 is 0 Å². The predicted molar refractivity (Wildman–Crippen MR) is 125 cm³/mol. The lowest BCUT2D eigenvalue weighted by Gasteiger charge is -2.38. The van der Waals surface area contributed by atoms with E-state index in [-0.39, 0.29) is 0 Å². The lowest BCUT2D eigenvalue weighted by molar-refractivity contribution is 0.838. The number of rotatable bonds is 4. The van der Waals surface area contributed by atoms with E-state index in [1.807, 2.05) is 12.3 Å². The SMILES string of the molecule is CC(C)[Si](C#Cc1ccc2ccccc2c1-c1ccccn1)(C(C)C)C(C)C. The summed E-state index contributed by atoms with van der Waals surface area (Å²) in [5.41, 5.74) is 9.00. The van der Waals surface area contributed by atoms with Crippen LogP contribution in [0.4, 0.5) is 0 Å². The molecular formula is C26H31NSi. The molecular weight excluding hydrogens is 354 g/mol. The average molecular weight is 386 g/mol. The number of benzene rings is 2. The van der Waals surface area contributed by atoms with Crippen LogP contribution in [0.25, 0.3) is 22.0 Å². The number of aromatic nitrogens is 1. The fourth-order valence-corrected chi connectivity index (χ4v) is 9.99. The molecule has 0 aliphatic heterocycles. The van der Waals surface area contributed by atoms with E-state index in [2.05, 4.69) is 107 Å². The fraction of sp³-hybridized carbons (Fsp3) is 0.346. The van der Waals surface area contributed by atoms with Gasteiger partial charge in [0.15, 0.2) is 0 Å². The quantitative estimate of drug-likeness (QED) is 0.335. The zero-order valence-corrected chi connectivity index (χ0v) is 19.0. The fourth-order valence-electron chi connectivity index (χ4n) is 4.77. The number of fused-ring (bicyclic) bond motifs is 1. The maximum atomic E-state index is 4.65. The Morgan fingerprint density at radius 2 is 1.39 bits per heavy atom. The molecule has 0 fully saturated rings. The summed E-state index contributed by atoms with van der Waals surface area (Å²) in [7, 11) is -1.78. The molecule has 3 rings (SSSR count). The topological polar surface area (TPSA) is 12.9 Å². The van der Waals surface area contributed by atoms with E-state index in [0.29, 0.717) is 16.6 Å². The summed E-state index contributed by atoms with van der Waals surface area (Å²) in [6.07, 6.45) is 1.86. The lowest BCUT2D eigenvalue weighted by atomic mass is 9.96. The summed E-state index contributed by atoms with van der Waals surface area (Å²) in [6, 6.07) is 19.0. The van der Waals surface area contributed by atoms with Gasteiger partial charge in [0.05, 0.1) is 5.69 Å². The van der Waals surface area contributed by atoms with Crippen LogP contribution >= 0.6 is 0 Å². The van der Waals surface area contributed by atoms with Gasteiger partial charge in [-0.2, -0.15) is 0 Å². The van der Waals surface area contributed by atoms with Gasteiger partial charge in [0.2, 0.25) is 0 Å². The molecule has 144 valence electrons. The molecule has 1 nitrogen and oxygen atoms in total. The molecule has 28 heavy (non-hydrogen) atoms. The second-order valence-corrected chi connectivity index (χ2v) is 14.2. The van der Waals surface area contributed by atoms with Crippen LogP contribution in [-0.2, 0) is 0 Å². The Hall–Kier alpha value is -2.37. The van der Waals surface area contributed by atoms with Gasteiger partial charge in [-0.05, 0) is 45.6 Å². The molecule has 1 heterocycles. The van der Waals surface area contributed by atoms with E-state index in [1.165, 1.54) is 10.8 Å². The highest BCUT2D eigenvalue weighted by atomic mass is 28.3. The van der Waals surface area contributed by atoms with Crippen LogP contribution in [0.15, 0.2) is 60.8 Å². The van der Waals surface area contributed by atoms with Crippen molar-refractivity contribution in [2.45, 2.75) is 58.2 Å². The molecule has 0 radical (unpaired) electrons. The Bertz CT molecular complexity index is 985. The first-order chi connectivity index (χ1) is 13.4. The van der Waals surface area contributed by atoms with Gasteiger partial charge in [-0.1, -0.05) is 83.9 Å². The third-order valence-corrected chi connectivity index (χ3v) is 12.4. The molecule has 0 saturated heterocycles. The highest BCUT2D eigenvalue weighted by Gasteiger charge is 2.41. The van der Waals surface area contributed by atoms with Crippen molar-refractivity contribution in [1.29, 1.82) is 0 Å². The molecule has 0 N–H and O–H groups in total. The van der Waals surface area contributed by atoms with Crippen molar-refractivity contribution in [3.05, 3.63) is 66.4 Å². The number of nitrogens with zero attached hydrogens (tertiary/aromatic N) is 1. The Morgan fingerprint density at radius 1 is 0.750 bits per heavy atom. The third kappa shape index (κ3) is 3.64. The normalized spacial score (nSPS) is 11.9. The molecule has 0 aliphatic rings. The minimum Gasteiger partial charge on any atom is -0.256 e. The third-order valence-electron chi connectivity index (χ3n) is 6.13. The maximum absolute atomic E-state index is 4.65. The minimum absolute atomic E-state index is 0.624. The first-order valence-corrected chi connectivity index (χ1v) is 12.6. The molecule has 2 heteroatoms. The van der Waals surface area contributed by atoms with Crippen molar-refractivity contribution in [2.75, 3.05) is 0 Å². The molecule has 1 aromatic heterocycles. The molecule has 0 unspecified atom stereocenters. The van der Waals surface area contributed by atoms with Gasteiger partial charge < -0.3 is 0 Å². The summed E-state index contributed by atoms with van der Waals surface area (Å²) < 4.78 is 0. The van der Waals surface area contributed by atoms with Crippen LogP contribution in [0.1, 0.15) is 47.1 Å². The first kappa shape index (κ1) is 20.4. The summed E-state index contributed by atoms with van der Waals surface area (Å²) >= 11 is 0. The molecule has 0 aliphatic carbocycles. The van der Waals surface area contributed by atoms with Crippen LogP contribution in [0.3, 0.4) is 0 Å². The van der Waals surface area contributed by atoms with Gasteiger partial charge in [0, 0.05) is 17.3 Å². The molecule has 2 aromatic carbocycles. The standard InChI is InChI=1S/C26H31NSi/c1-19(2)28(20(3)4,21(5)6)18-16-23-15-14-22-11-7-8-12-24(22)26(23)25-13-9-10-17-27-25/h7-15,17,19-21H,1-6H3. The van der Waals surface area contributed by atoms with Crippen molar-refractivity contribution in [3.8, 4) is 22.7 Å². The monoisotopic (exact) mass is 385 g/mol. The Balaban J connectivity index is 2.27. The van der Waals surface area contributed by atoms with Crippen LogP contribution in [-0.4, -0.2) is 13.1 Å². The molecule has 0 amide bonds. The largest absolute Gasteiger partial charge is 0.256 e. The smallest absolute Gasteiger partial charge is 0.146 e. The van der Waals surface area contributed by atoms with Crippen molar-refractivity contribution in [2.24, 2.45) is 0 Å². The highest BCUT2D eigenvalue weighted by molar-refractivity contribution is 6.90. The predicted octanol–water partition coefficient (Wildman–Crippen LogP) is 7.47. The van der Waals surface area contributed by atoms with Crippen molar-refractivity contribution >= 4 is 18.8 Å². The van der Waals surface area contributed by atoms with Crippen molar-refractivity contribution < 1.29 is 0 Å². The lowest BCUT2D eigenvalue weighted by Crippen LogP contribution is -2.43. The van der Waals surface area contributed by atoms with E-state index in [0.717, 1.165) is 16.8 Å². The molecule has 3 aromatic rings. The molecule has 0 saturated carbocycles. The summed E-state index contributed by atoms with van der Waals surface area (Å²) in [6.45, 7) is 14.2. The summed E-state index contributed by atoms with van der Waals surface area (Å²) in [4.78, 5) is 4.65. The highest BCUT2D eigenvalue weighted by Crippen LogP contribution is 2.41. The van der Waals surface area contributed by atoms with Gasteiger partial charge in [-0.25, -0.2) is 0 Å². The molecule has 0 atom stereocenters. The van der Waals surface area contributed by atoms with E-state index < -0.39 is 8.07 Å². The van der Waals surface area contributed by atoms with Crippen LogP contribution in [0.2, 0.25) is 16.6 Å². The zero-order chi connectivity index (χ0) is 20.3. The number of pyridine rings is 1. The van der Waals surface area contributed by atoms with Gasteiger partial charge in [-0.3, -0.25) is 4.98 Å². The van der Waals surface area contributed by atoms with Gasteiger partial charge in [0.25, 0.3) is 0 Å². The summed E-state index contributed by atoms with van der Waals surface area (Å²) in [5, 5.41) is 2.45. The van der Waals surface area contributed by atoms with Gasteiger partial charge >= 0.3 is 0 Å². The first-order valence-electron chi connectivity index (χ1n) is 10.3. The van der Waals surface area contributed by atoms with Crippen LogP contribution < -0.4 is 0 Å². The Kier molecular flexibility index (Phi) is 6.06. The van der Waals surface area contributed by atoms with Gasteiger partial charge in [-0.15, -0.1) is 5.54 Å². The number of hydrogen-bond donors (Lipinski definition) is 0. The zero-order valence-electron chi connectivity index (χ0n) is 18.0. The van der Waals surface area contributed by atoms with Crippen LogP contribution in [0.5, 0.6) is 0 Å². The minimum atomic E-state index is -1.78. The Labute approximate surface area is 171 Å². The van der Waals surface area contributed by atoms with Crippen LogP contribution in [0, 0.1) is 11.5 Å². The second kappa shape index (κ2) is 8.33. The molecule has 0 spiro atoms. The average Bonchev–Trinajstić information content (AvgIpc) is 2.68. The number of hydrogen-bond acceptors (Lipinski definition) is 1. The second-order valence-electron chi connectivity index (χ2n) is 8.57. The van der Waals surface area contributed by atoms with E-state index in [9.17, 15) is 0 Å². The molecule has 0 bridgehead atoms. The van der Waals surface area contributed by atoms with E-state index in [4.69, 9.17) is 0 Å². The van der Waals surface area contributed by atoms with E-state index in [1.54, 1.807) is 0 Å². The van der Waals surface area contributed by atoms with Crippen molar-refractivity contribution in [1.82, 2.24) is 4.98 Å². The van der Waals surface area contributed by atoms with Crippen molar-refractivity contribution in [3.63, 3.8) is 0 Å². The van der Waals surface area contributed by atoms with Gasteiger partial charge in [0.1, 0.15) is 8.07 Å².